The van der Waals surface area contributed by atoms with Crippen molar-refractivity contribution >= 4 is 27.9 Å². The Morgan fingerprint density at radius 1 is 1.19 bits per heavy atom. The summed E-state index contributed by atoms with van der Waals surface area (Å²) in [6.45, 7) is 2.03. The summed E-state index contributed by atoms with van der Waals surface area (Å²) >= 11 is 0. The zero-order valence-electron chi connectivity index (χ0n) is 14.7. The second kappa shape index (κ2) is 6.52. The van der Waals surface area contributed by atoms with E-state index in [0.29, 0.717) is 0 Å². The van der Waals surface area contributed by atoms with Crippen molar-refractivity contribution in [3.63, 3.8) is 0 Å². The molecule has 9 nitrogen and oxygen atoms in total. The molecule has 1 amide bonds. The smallest absolute Gasteiger partial charge is 0.480 e. The molecule has 2 saturated heterocycles. The van der Waals surface area contributed by atoms with Gasteiger partial charge in [-0.1, -0.05) is 30.3 Å². The van der Waals surface area contributed by atoms with Crippen LogP contribution in [0.2, 0.25) is 0 Å². The summed E-state index contributed by atoms with van der Waals surface area (Å²) in [6.07, 6.45) is -1.03. The van der Waals surface area contributed by atoms with Gasteiger partial charge in [0.2, 0.25) is 5.91 Å². The van der Waals surface area contributed by atoms with Crippen molar-refractivity contribution < 1.29 is 37.4 Å². The molecule has 0 radical (unpaired) electrons. The number of nitrogens with zero attached hydrogens (tertiary/aromatic N) is 1. The van der Waals surface area contributed by atoms with Gasteiger partial charge in [0, 0.05) is 0 Å². The number of ether oxygens (including phenoxy) is 2. The molecule has 10 heteroatoms. The van der Waals surface area contributed by atoms with E-state index in [0.717, 1.165) is 10.5 Å². The summed E-state index contributed by atoms with van der Waals surface area (Å²) in [5.41, 5.74) is 0.741. The van der Waals surface area contributed by atoms with Crippen LogP contribution in [-0.4, -0.2) is 59.2 Å². The molecule has 1 aromatic carbocycles. The maximum Gasteiger partial charge on any atom is 0.508 e. The van der Waals surface area contributed by atoms with Crippen LogP contribution < -0.4 is 0 Å². The number of rotatable bonds is 5. The van der Waals surface area contributed by atoms with Crippen molar-refractivity contribution in [3.8, 4) is 0 Å². The Bertz CT molecular complexity index is 879. The predicted molar refractivity (Wildman–Crippen MR) is 91.1 cm³/mol. The Labute approximate surface area is 155 Å². The Balaban J connectivity index is 1.63. The van der Waals surface area contributed by atoms with Crippen LogP contribution in [0.4, 0.5) is 4.79 Å². The highest BCUT2D eigenvalue weighted by Gasteiger charge is 2.72. The molecule has 2 heterocycles. The Morgan fingerprint density at radius 2 is 1.81 bits per heavy atom. The maximum absolute atomic E-state index is 12.7. The number of sulfone groups is 1. The SMILES string of the molecule is CC1(C)[C@H](C(=O)O)N2C(=O)[C@@H](COC(=O)OCc3ccccc3)[C@H]2S1(=O)=O. The Morgan fingerprint density at radius 3 is 2.41 bits per heavy atom. The summed E-state index contributed by atoms with van der Waals surface area (Å²) in [4.78, 5) is 36.3. The number of aliphatic carboxylic acids is 1. The zero-order chi connectivity index (χ0) is 20.0. The van der Waals surface area contributed by atoms with E-state index < -0.39 is 56.6 Å². The van der Waals surface area contributed by atoms with Crippen LogP contribution in [0.1, 0.15) is 19.4 Å². The van der Waals surface area contributed by atoms with Crippen molar-refractivity contribution in [1.29, 1.82) is 0 Å². The van der Waals surface area contributed by atoms with Crippen LogP contribution >= 0.6 is 0 Å². The number of fused-ring (bicyclic) bond motifs is 1. The van der Waals surface area contributed by atoms with Gasteiger partial charge in [-0.25, -0.2) is 18.0 Å². The quantitative estimate of drug-likeness (QED) is 0.570. The number of β-lactam (4-membered cyclic amide) rings is 1. The first kappa shape index (κ1) is 19.2. The molecule has 2 aliphatic heterocycles. The van der Waals surface area contributed by atoms with Gasteiger partial charge in [-0.05, 0) is 19.4 Å². The van der Waals surface area contributed by atoms with Gasteiger partial charge in [0.25, 0.3) is 0 Å². The van der Waals surface area contributed by atoms with E-state index in [4.69, 9.17) is 9.47 Å². The first-order valence-corrected chi connectivity index (χ1v) is 9.75. The molecule has 0 aliphatic carbocycles. The Hall–Kier alpha value is -2.62. The number of carboxylic acids is 1. The van der Waals surface area contributed by atoms with Crippen molar-refractivity contribution in [2.75, 3.05) is 6.61 Å². The molecule has 1 N–H and O–H groups in total. The van der Waals surface area contributed by atoms with Gasteiger partial charge < -0.3 is 19.5 Å². The summed E-state index contributed by atoms with van der Waals surface area (Å²) in [5, 5.41) is 8.02. The van der Waals surface area contributed by atoms with Gasteiger partial charge in [0.15, 0.2) is 15.2 Å². The van der Waals surface area contributed by atoms with E-state index in [1.54, 1.807) is 24.3 Å². The average molecular weight is 397 g/mol. The fourth-order valence-electron chi connectivity index (χ4n) is 3.48. The van der Waals surface area contributed by atoms with Gasteiger partial charge in [-0.15, -0.1) is 0 Å². The van der Waals surface area contributed by atoms with Crippen LogP contribution in [-0.2, 0) is 35.5 Å². The molecule has 3 atom stereocenters. The third-order valence-corrected chi connectivity index (χ3v) is 7.87. The van der Waals surface area contributed by atoms with Gasteiger partial charge in [-0.2, -0.15) is 0 Å². The number of carboxylic acid groups (broad SMARTS) is 1. The van der Waals surface area contributed by atoms with Gasteiger partial charge in [-0.3, -0.25) is 4.79 Å². The first-order valence-electron chi connectivity index (χ1n) is 8.21. The highest BCUT2D eigenvalue weighted by Crippen LogP contribution is 2.48. The second-order valence-electron chi connectivity index (χ2n) is 6.97. The summed E-state index contributed by atoms with van der Waals surface area (Å²) in [5.74, 6) is -3.19. The van der Waals surface area contributed by atoms with Crippen molar-refractivity contribution in [1.82, 2.24) is 4.90 Å². The van der Waals surface area contributed by atoms with Crippen LogP contribution in [0.5, 0.6) is 0 Å². The monoisotopic (exact) mass is 397 g/mol. The lowest BCUT2D eigenvalue weighted by Gasteiger charge is -2.42. The van der Waals surface area contributed by atoms with E-state index >= 15 is 0 Å². The molecule has 0 bridgehead atoms. The number of hydrogen-bond acceptors (Lipinski definition) is 7. The number of carbonyl (C=O) groups is 3. The minimum absolute atomic E-state index is 0.0275. The van der Waals surface area contributed by atoms with E-state index in [9.17, 15) is 27.9 Å². The molecular formula is C17H19NO8S. The number of amides is 1. The van der Waals surface area contributed by atoms with Crippen LogP contribution in [0, 0.1) is 5.92 Å². The fraction of sp³-hybridized carbons (Fsp3) is 0.471. The lowest BCUT2D eigenvalue weighted by atomic mass is 9.92. The number of hydrogen-bond donors (Lipinski definition) is 1. The molecule has 0 spiro atoms. The van der Waals surface area contributed by atoms with E-state index in [1.165, 1.54) is 13.8 Å². The minimum Gasteiger partial charge on any atom is -0.480 e. The first-order chi connectivity index (χ1) is 12.6. The molecule has 1 aromatic rings. The normalized spacial score (nSPS) is 27.4. The average Bonchev–Trinajstić information content (AvgIpc) is 2.75. The summed E-state index contributed by atoms with van der Waals surface area (Å²) in [7, 11) is -3.95. The topological polar surface area (TPSA) is 127 Å². The van der Waals surface area contributed by atoms with Gasteiger partial charge in [0.05, 0.1) is 4.75 Å². The molecule has 0 aromatic heterocycles. The second-order valence-corrected chi connectivity index (χ2v) is 9.59. The lowest BCUT2D eigenvalue weighted by Crippen LogP contribution is -2.64. The van der Waals surface area contributed by atoms with Crippen molar-refractivity contribution in [2.45, 2.75) is 36.6 Å². The van der Waals surface area contributed by atoms with E-state index in [-0.39, 0.29) is 6.61 Å². The maximum atomic E-state index is 12.7. The zero-order valence-corrected chi connectivity index (χ0v) is 15.5. The number of carbonyl (C=O) groups excluding carboxylic acids is 2. The largest absolute Gasteiger partial charge is 0.508 e. The predicted octanol–water partition coefficient (Wildman–Crippen LogP) is 0.784. The van der Waals surface area contributed by atoms with Crippen LogP contribution in [0.25, 0.3) is 0 Å². The highest BCUT2D eigenvalue weighted by atomic mass is 32.2. The molecule has 3 rings (SSSR count). The van der Waals surface area contributed by atoms with Gasteiger partial charge in [0.1, 0.15) is 25.2 Å². The van der Waals surface area contributed by atoms with E-state index in [2.05, 4.69) is 0 Å². The van der Waals surface area contributed by atoms with Crippen molar-refractivity contribution in [2.24, 2.45) is 5.92 Å². The van der Waals surface area contributed by atoms with Crippen molar-refractivity contribution in [3.05, 3.63) is 35.9 Å². The van der Waals surface area contributed by atoms with Crippen LogP contribution in [0.3, 0.4) is 0 Å². The molecule has 2 fully saturated rings. The summed E-state index contributed by atoms with van der Waals surface area (Å²) < 4.78 is 33.5. The van der Waals surface area contributed by atoms with Gasteiger partial charge >= 0.3 is 12.1 Å². The third-order valence-electron chi connectivity index (χ3n) is 4.99. The van der Waals surface area contributed by atoms with E-state index in [1.807, 2.05) is 6.07 Å². The number of benzene rings is 1. The van der Waals surface area contributed by atoms with Crippen LogP contribution in [0.15, 0.2) is 30.3 Å². The fourth-order valence-corrected chi connectivity index (χ4v) is 5.78. The molecule has 0 saturated carbocycles. The minimum atomic E-state index is -3.95. The standard InChI is InChI=1S/C17H19NO8S/c1-17(2)12(15(20)21)18-13(19)11(14(18)27(17,23)24)9-26-16(22)25-8-10-6-4-3-5-7-10/h3-7,11-12,14H,8-9H2,1-2H3,(H,20,21)/t11-,12+,14-/m1/s1. The highest BCUT2D eigenvalue weighted by molar-refractivity contribution is 7.93. The molecule has 146 valence electrons. The molecule has 0 unspecified atom stereocenters. The summed E-state index contributed by atoms with van der Waals surface area (Å²) in [6, 6.07) is 7.39. The molecule has 27 heavy (non-hydrogen) atoms. The molecular weight excluding hydrogens is 378 g/mol. The lowest BCUT2D eigenvalue weighted by molar-refractivity contribution is -0.165. The molecule has 2 aliphatic rings. The third kappa shape index (κ3) is 2.93. The Kier molecular flexibility index (Phi) is 4.62.